The number of nitrogens with one attached hydrogen (secondary N) is 1. The minimum atomic E-state index is -0.508. The first-order chi connectivity index (χ1) is 10.6. The Bertz CT molecular complexity index is 653. The summed E-state index contributed by atoms with van der Waals surface area (Å²) in [6, 6.07) is 3.74. The minimum absolute atomic E-state index is 0.0699. The molecular formula is C16H21N3O3. The molecule has 6 nitrogen and oxygen atoms in total. The Hall–Kier alpha value is -2.11. The van der Waals surface area contributed by atoms with E-state index < -0.39 is 5.54 Å². The number of rotatable bonds is 4. The Morgan fingerprint density at radius 2 is 2.09 bits per heavy atom. The van der Waals surface area contributed by atoms with Crippen molar-refractivity contribution in [2.75, 3.05) is 0 Å². The zero-order chi connectivity index (χ0) is 15.6. The van der Waals surface area contributed by atoms with E-state index in [2.05, 4.69) is 15.5 Å². The molecule has 1 saturated carbocycles. The normalized spacial score (nSPS) is 17.4. The first-order valence-corrected chi connectivity index (χ1v) is 7.85. The van der Waals surface area contributed by atoms with Crippen LogP contribution < -0.4 is 5.32 Å². The molecule has 3 rings (SSSR count). The third kappa shape index (κ3) is 2.77. The van der Waals surface area contributed by atoms with Crippen LogP contribution in [-0.4, -0.2) is 16.0 Å². The quantitative estimate of drug-likeness (QED) is 0.938. The average Bonchev–Trinajstić information content (AvgIpc) is 3.16. The number of furan rings is 1. The standard InChI is InChI=1S/C16H21N3O3/c1-3-12-7-8-13(21-12)14-17-15(19-22-14)16(18-11(2)20)9-5-4-6-10-16/h7-8H,3-6,9-10H2,1-2H3,(H,18,20). The van der Waals surface area contributed by atoms with E-state index in [0.717, 1.165) is 37.9 Å². The fourth-order valence-electron chi connectivity index (χ4n) is 3.10. The van der Waals surface area contributed by atoms with Gasteiger partial charge in [0, 0.05) is 13.3 Å². The van der Waals surface area contributed by atoms with Gasteiger partial charge in [-0.25, -0.2) is 0 Å². The van der Waals surface area contributed by atoms with Gasteiger partial charge in [-0.05, 0) is 25.0 Å². The molecule has 118 valence electrons. The van der Waals surface area contributed by atoms with Crippen molar-refractivity contribution in [3.63, 3.8) is 0 Å². The minimum Gasteiger partial charge on any atom is -0.456 e. The Labute approximate surface area is 129 Å². The number of carbonyl (C=O) groups is 1. The zero-order valence-electron chi connectivity index (χ0n) is 13.0. The van der Waals surface area contributed by atoms with E-state index in [1.807, 2.05) is 19.1 Å². The molecule has 1 fully saturated rings. The molecule has 2 aromatic heterocycles. The average molecular weight is 303 g/mol. The Balaban J connectivity index is 1.90. The van der Waals surface area contributed by atoms with Crippen LogP contribution in [0.5, 0.6) is 0 Å². The molecule has 1 aliphatic carbocycles. The molecule has 0 spiro atoms. The summed E-state index contributed by atoms with van der Waals surface area (Å²) in [6.07, 6.45) is 5.75. The zero-order valence-corrected chi connectivity index (χ0v) is 13.0. The van der Waals surface area contributed by atoms with E-state index in [4.69, 9.17) is 8.94 Å². The van der Waals surface area contributed by atoms with Crippen molar-refractivity contribution in [3.8, 4) is 11.7 Å². The molecule has 0 aliphatic heterocycles. The van der Waals surface area contributed by atoms with E-state index in [-0.39, 0.29) is 5.91 Å². The Morgan fingerprint density at radius 1 is 1.32 bits per heavy atom. The summed E-state index contributed by atoms with van der Waals surface area (Å²) < 4.78 is 11.0. The number of carbonyl (C=O) groups excluding carboxylic acids is 1. The molecule has 0 bridgehead atoms. The molecule has 2 heterocycles. The van der Waals surface area contributed by atoms with Gasteiger partial charge in [-0.1, -0.05) is 31.3 Å². The number of hydrogen-bond donors (Lipinski definition) is 1. The van der Waals surface area contributed by atoms with Crippen LogP contribution in [0.1, 0.15) is 57.5 Å². The molecular weight excluding hydrogens is 282 g/mol. The summed E-state index contributed by atoms with van der Waals surface area (Å²) >= 11 is 0. The number of hydrogen-bond acceptors (Lipinski definition) is 5. The molecule has 0 atom stereocenters. The lowest BCUT2D eigenvalue weighted by molar-refractivity contribution is -0.121. The van der Waals surface area contributed by atoms with Crippen molar-refractivity contribution < 1.29 is 13.7 Å². The topological polar surface area (TPSA) is 81.2 Å². The molecule has 6 heteroatoms. The Kier molecular flexibility index (Phi) is 4.00. The van der Waals surface area contributed by atoms with E-state index in [0.29, 0.717) is 17.5 Å². The smallest absolute Gasteiger partial charge is 0.293 e. The maximum Gasteiger partial charge on any atom is 0.293 e. The van der Waals surface area contributed by atoms with E-state index in [1.165, 1.54) is 13.3 Å². The van der Waals surface area contributed by atoms with Gasteiger partial charge in [0.1, 0.15) is 11.3 Å². The number of nitrogens with zero attached hydrogens (tertiary/aromatic N) is 2. The molecule has 0 unspecified atom stereocenters. The van der Waals surface area contributed by atoms with Gasteiger partial charge in [0.25, 0.3) is 5.89 Å². The van der Waals surface area contributed by atoms with Crippen LogP contribution >= 0.6 is 0 Å². The molecule has 1 N–H and O–H groups in total. The second kappa shape index (κ2) is 5.94. The molecule has 0 aromatic carbocycles. The Morgan fingerprint density at radius 3 is 2.73 bits per heavy atom. The van der Waals surface area contributed by atoms with Gasteiger partial charge in [0.05, 0.1) is 0 Å². The van der Waals surface area contributed by atoms with Crippen LogP contribution in [0.15, 0.2) is 21.1 Å². The van der Waals surface area contributed by atoms with Gasteiger partial charge in [0.2, 0.25) is 5.91 Å². The SMILES string of the molecule is CCc1ccc(-c2nc(C3(NC(C)=O)CCCCC3)no2)o1. The first kappa shape index (κ1) is 14.8. The van der Waals surface area contributed by atoms with Crippen molar-refractivity contribution >= 4 is 5.91 Å². The summed E-state index contributed by atoms with van der Waals surface area (Å²) in [7, 11) is 0. The fourth-order valence-corrected chi connectivity index (χ4v) is 3.10. The summed E-state index contributed by atoms with van der Waals surface area (Å²) in [6.45, 7) is 3.55. The molecule has 22 heavy (non-hydrogen) atoms. The first-order valence-electron chi connectivity index (χ1n) is 7.85. The predicted octanol–water partition coefficient (Wildman–Crippen LogP) is 3.19. The van der Waals surface area contributed by atoms with Gasteiger partial charge in [-0.2, -0.15) is 4.98 Å². The summed E-state index contributed by atoms with van der Waals surface area (Å²) in [5.74, 6) is 2.30. The number of amides is 1. The van der Waals surface area contributed by atoms with Gasteiger partial charge in [0.15, 0.2) is 11.6 Å². The van der Waals surface area contributed by atoms with Crippen LogP contribution in [0.2, 0.25) is 0 Å². The molecule has 2 aromatic rings. The molecule has 1 amide bonds. The molecule has 1 aliphatic rings. The monoisotopic (exact) mass is 303 g/mol. The van der Waals surface area contributed by atoms with E-state index >= 15 is 0 Å². The van der Waals surface area contributed by atoms with Gasteiger partial charge >= 0.3 is 0 Å². The highest BCUT2D eigenvalue weighted by atomic mass is 16.5. The lowest BCUT2D eigenvalue weighted by atomic mass is 9.81. The lowest BCUT2D eigenvalue weighted by Gasteiger charge is -2.34. The van der Waals surface area contributed by atoms with Crippen molar-refractivity contribution in [2.45, 2.75) is 57.9 Å². The summed E-state index contributed by atoms with van der Waals surface area (Å²) in [4.78, 5) is 16.1. The van der Waals surface area contributed by atoms with Crippen LogP contribution in [0.4, 0.5) is 0 Å². The second-order valence-electron chi connectivity index (χ2n) is 5.87. The highest BCUT2D eigenvalue weighted by Gasteiger charge is 2.39. The maximum atomic E-state index is 11.6. The van der Waals surface area contributed by atoms with E-state index in [1.54, 1.807) is 0 Å². The lowest BCUT2D eigenvalue weighted by Crippen LogP contribution is -2.47. The van der Waals surface area contributed by atoms with Crippen LogP contribution in [0.3, 0.4) is 0 Å². The summed E-state index contributed by atoms with van der Waals surface area (Å²) in [5, 5.41) is 7.15. The van der Waals surface area contributed by atoms with Crippen molar-refractivity contribution in [3.05, 3.63) is 23.7 Å². The largest absolute Gasteiger partial charge is 0.456 e. The third-order valence-electron chi connectivity index (χ3n) is 4.20. The van der Waals surface area contributed by atoms with Crippen LogP contribution in [0, 0.1) is 0 Å². The van der Waals surface area contributed by atoms with Crippen molar-refractivity contribution in [1.29, 1.82) is 0 Å². The van der Waals surface area contributed by atoms with Gasteiger partial charge in [-0.3, -0.25) is 4.79 Å². The maximum absolute atomic E-state index is 11.6. The van der Waals surface area contributed by atoms with Gasteiger partial charge < -0.3 is 14.3 Å². The van der Waals surface area contributed by atoms with Crippen LogP contribution in [0.25, 0.3) is 11.7 Å². The third-order valence-corrected chi connectivity index (χ3v) is 4.20. The number of aromatic nitrogens is 2. The van der Waals surface area contributed by atoms with Crippen molar-refractivity contribution in [2.24, 2.45) is 0 Å². The molecule has 0 radical (unpaired) electrons. The highest BCUT2D eigenvalue weighted by Crippen LogP contribution is 2.36. The predicted molar refractivity (Wildman–Crippen MR) is 80.0 cm³/mol. The molecule has 0 saturated heterocycles. The van der Waals surface area contributed by atoms with Crippen LogP contribution in [-0.2, 0) is 16.8 Å². The summed E-state index contributed by atoms with van der Waals surface area (Å²) in [5.41, 5.74) is -0.508. The second-order valence-corrected chi connectivity index (χ2v) is 5.87. The highest BCUT2D eigenvalue weighted by molar-refractivity contribution is 5.74. The number of aryl methyl sites for hydroxylation is 1. The van der Waals surface area contributed by atoms with E-state index in [9.17, 15) is 4.79 Å². The fraction of sp³-hybridized carbons (Fsp3) is 0.562. The van der Waals surface area contributed by atoms with Gasteiger partial charge in [-0.15, -0.1) is 0 Å². The van der Waals surface area contributed by atoms with Crippen molar-refractivity contribution in [1.82, 2.24) is 15.5 Å².